The highest BCUT2D eigenvalue weighted by molar-refractivity contribution is 5.54. The minimum Gasteiger partial charge on any atom is -0.375 e. The molecule has 0 bridgehead atoms. The van der Waals surface area contributed by atoms with E-state index in [9.17, 15) is 0 Å². The number of rotatable bonds is 4. The Balaban J connectivity index is 2.12. The van der Waals surface area contributed by atoms with Crippen molar-refractivity contribution in [1.29, 1.82) is 0 Å². The maximum absolute atomic E-state index is 5.59. The van der Waals surface area contributed by atoms with Gasteiger partial charge in [0.1, 0.15) is 0 Å². The lowest BCUT2D eigenvalue weighted by atomic mass is 10.1. The molecule has 1 fully saturated rings. The van der Waals surface area contributed by atoms with Gasteiger partial charge in [-0.05, 0) is 25.1 Å². The molecule has 1 aromatic carbocycles. The average molecular weight is 234 g/mol. The molecule has 1 aliphatic heterocycles. The number of hydrogen-bond acceptors (Lipinski definition) is 3. The standard InChI is InChI=1S/C14H22N2O/c1-3-15-10-13-6-4-5-7-14(13)16-8-9-17-12(2)11-16/h4-7,12,15H,3,8-11H2,1-2H3. The van der Waals surface area contributed by atoms with Crippen LogP contribution in [0.5, 0.6) is 0 Å². The summed E-state index contributed by atoms with van der Waals surface area (Å²) in [4.78, 5) is 2.43. The molecular formula is C14H22N2O. The molecule has 0 aliphatic carbocycles. The largest absolute Gasteiger partial charge is 0.375 e. The van der Waals surface area contributed by atoms with Gasteiger partial charge in [0.25, 0.3) is 0 Å². The van der Waals surface area contributed by atoms with Crippen LogP contribution >= 0.6 is 0 Å². The topological polar surface area (TPSA) is 24.5 Å². The van der Waals surface area contributed by atoms with Gasteiger partial charge in [-0.2, -0.15) is 0 Å². The number of ether oxygens (including phenoxy) is 1. The Morgan fingerprint density at radius 3 is 3.00 bits per heavy atom. The highest BCUT2D eigenvalue weighted by atomic mass is 16.5. The molecule has 0 spiro atoms. The van der Waals surface area contributed by atoms with Crippen molar-refractivity contribution in [3.63, 3.8) is 0 Å². The zero-order valence-electron chi connectivity index (χ0n) is 10.8. The highest BCUT2D eigenvalue weighted by Gasteiger charge is 2.18. The summed E-state index contributed by atoms with van der Waals surface area (Å²) in [5, 5.41) is 3.40. The first kappa shape index (κ1) is 12.4. The Hall–Kier alpha value is -1.06. The van der Waals surface area contributed by atoms with Crippen molar-refractivity contribution in [3.8, 4) is 0 Å². The summed E-state index contributed by atoms with van der Waals surface area (Å²) >= 11 is 0. The van der Waals surface area contributed by atoms with E-state index in [4.69, 9.17) is 4.74 Å². The fraction of sp³-hybridized carbons (Fsp3) is 0.571. The Labute approximate surface area is 104 Å². The second kappa shape index (κ2) is 6.03. The van der Waals surface area contributed by atoms with Crippen molar-refractivity contribution in [2.75, 3.05) is 31.1 Å². The summed E-state index contributed by atoms with van der Waals surface area (Å²) in [7, 11) is 0. The average Bonchev–Trinajstić information content (AvgIpc) is 2.37. The molecule has 0 aromatic heterocycles. The van der Waals surface area contributed by atoms with Crippen molar-refractivity contribution < 1.29 is 4.74 Å². The third kappa shape index (κ3) is 3.20. The van der Waals surface area contributed by atoms with E-state index in [0.717, 1.165) is 32.8 Å². The second-order valence-electron chi connectivity index (χ2n) is 4.54. The van der Waals surface area contributed by atoms with Crippen LogP contribution < -0.4 is 10.2 Å². The van der Waals surface area contributed by atoms with Crippen LogP contribution in [0.15, 0.2) is 24.3 Å². The van der Waals surface area contributed by atoms with Gasteiger partial charge < -0.3 is 15.0 Å². The highest BCUT2D eigenvalue weighted by Crippen LogP contribution is 2.22. The van der Waals surface area contributed by atoms with E-state index in [1.54, 1.807) is 0 Å². The summed E-state index contributed by atoms with van der Waals surface area (Å²) < 4.78 is 5.59. The number of morpholine rings is 1. The van der Waals surface area contributed by atoms with Crippen molar-refractivity contribution >= 4 is 5.69 Å². The summed E-state index contributed by atoms with van der Waals surface area (Å²) in [5.74, 6) is 0. The Bertz CT molecular complexity index is 354. The van der Waals surface area contributed by atoms with Gasteiger partial charge >= 0.3 is 0 Å². The van der Waals surface area contributed by atoms with E-state index in [1.807, 2.05) is 0 Å². The van der Waals surface area contributed by atoms with Crippen LogP contribution in [-0.4, -0.2) is 32.3 Å². The minimum atomic E-state index is 0.330. The SMILES string of the molecule is CCNCc1ccccc1N1CCOC(C)C1. The smallest absolute Gasteiger partial charge is 0.0722 e. The number of nitrogens with one attached hydrogen (secondary N) is 1. The van der Waals surface area contributed by atoms with Crippen LogP contribution in [0.25, 0.3) is 0 Å². The quantitative estimate of drug-likeness (QED) is 0.862. The maximum atomic E-state index is 5.59. The van der Waals surface area contributed by atoms with Crippen LogP contribution in [0.1, 0.15) is 19.4 Å². The van der Waals surface area contributed by atoms with Crippen LogP contribution in [0.3, 0.4) is 0 Å². The van der Waals surface area contributed by atoms with Crippen LogP contribution in [0.4, 0.5) is 5.69 Å². The van der Waals surface area contributed by atoms with Crippen molar-refractivity contribution in [2.24, 2.45) is 0 Å². The zero-order valence-corrected chi connectivity index (χ0v) is 10.8. The molecule has 0 radical (unpaired) electrons. The summed E-state index contributed by atoms with van der Waals surface area (Å²) in [6.07, 6.45) is 0.330. The van der Waals surface area contributed by atoms with Gasteiger partial charge in [-0.1, -0.05) is 25.1 Å². The van der Waals surface area contributed by atoms with Crippen molar-refractivity contribution in [3.05, 3.63) is 29.8 Å². The molecule has 1 N–H and O–H groups in total. The number of anilines is 1. The van der Waals surface area contributed by atoms with Gasteiger partial charge in [0.2, 0.25) is 0 Å². The molecular weight excluding hydrogens is 212 g/mol. The maximum Gasteiger partial charge on any atom is 0.0722 e. The van der Waals surface area contributed by atoms with Gasteiger partial charge in [-0.25, -0.2) is 0 Å². The minimum absolute atomic E-state index is 0.330. The molecule has 1 aromatic rings. The van der Waals surface area contributed by atoms with Gasteiger partial charge in [0.05, 0.1) is 12.7 Å². The molecule has 1 atom stereocenters. The monoisotopic (exact) mass is 234 g/mol. The molecule has 1 saturated heterocycles. The summed E-state index contributed by atoms with van der Waals surface area (Å²) in [6.45, 7) is 9.04. The normalized spacial score (nSPS) is 20.6. The summed E-state index contributed by atoms with van der Waals surface area (Å²) in [5.41, 5.74) is 2.73. The number of para-hydroxylation sites is 1. The molecule has 94 valence electrons. The molecule has 1 aliphatic rings. The molecule has 0 saturated carbocycles. The van der Waals surface area contributed by atoms with E-state index >= 15 is 0 Å². The van der Waals surface area contributed by atoms with Gasteiger partial charge in [0, 0.05) is 25.3 Å². The Morgan fingerprint density at radius 2 is 2.24 bits per heavy atom. The van der Waals surface area contributed by atoms with Gasteiger partial charge in [-0.15, -0.1) is 0 Å². The number of hydrogen-bond donors (Lipinski definition) is 1. The van der Waals surface area contributed by atoms with E-state index in [2.05, 4.69) is 48.3 Å². The molecule has 3 nitrogen and oxygen atoms in total. The van der Waals surface area contributed by atoms with E-state index in [0.29, 0.717) is 6.10 Å². The second-order valence-corrected chi connectivity index (χ2v) is 4.54. The Kier molecular flexibility index (Phi) is 4.40. The number of nitrogens with zero attached hydrogens (tertiary/aromatic N) is 1. The molecule has 1 heterocycles. The van der Waals surface area contributed by atoms with Gasteiger partial charge in [0.15, 0.2) is 0 Å². The van der Waals surface area contributed by atoms with Crippen molar-refractivity contribution in [1.82, 2.24) is 5.32 Å². The Morgan fingerprint density at radius 1 is 1.41 bits per heavy atom. The third-order valence-electron chi connectivity index (χ3n) is 3.14. The fourth-order valence-electron chi connectivity index (χ4n) is 2.27. The predicted octanol–water partition coefficient (Wildman–Crippen LogP) is 2.02. The summed E-state index contributed by atoms with van der Waals surface area (Å²) in [6, 6.07) is 8.65. The lowest BCUT2D eigenvalue weighted by Gasteiger charge is -2.34. The lowest BCUT2D eigenvalue weighted by molar-refractivity contribution is 0.0531. The molecule has 17 heavy (non-hydrogen) atoms. The van der Waals surface area contributed by atoms with Crippen molar-refractivity contribution in [2.45, 2.75) is 26.5 Å². The molecule has 3 heteroatoms. The van der Waals surface area contributed by atoms with Crippen LogP contribution in [0.2, 0.25) is 0 Å². The third-order valence-corrected chi connectivity index (χ3v) is 3.14. The zero-order chi connectivity index (χ0) is 12.1. The van der Waals surface area contributed by atoms with Crippen LogP contribution in [0, 0.1) is 0 Å². The van der Waals surface area contributed by atoms with E-state index in [1.165, 1.54) is 11.3 Å². The lowest BCUT2D eigenvalue weighted by Crippen LogP contribution is -2.41. The first-order valence-electron chi connectivity index (χ1n) is 6.46. The van der Waals surface area contributed by atoms with Crippen LogP contribution in [-0.2, 0) is 11.3 Å². The first-order chi connectivity index (χ1) is 8.31. The van der Waals surface area contributed by atoms with Gasteiger partial charge in [-0.3, -0.25) is 0 Å². The van der Waals surface area contributed by atoms with E-state index in [-0.39, 0.29) is 0 Å². The molecule has 2 rings (SSSR count). The molecule has 0 amide bonds. The molecule has 1 unspecified atom stereocenters. The predicted molar refractivity (Wildman–Crippen MR) is 71.4 cm³/mol. The van der Waals surface area contributed by atoms with E-state index < -0.39 is 0 Å². The first-order valence-corrected chi connectivity index (χ1v) is 6.46. The fourth-order valence-corrected chi connectivity index (χ4v) is 2.27. The number of benzene rings is 1.